The van der Waals surface area contributed by atoms with Crippen LogP contribution in [-0.4, -0.2) is 58.8 Å². The predicted octanol–water partition coefficient (Wildman–Crippen LogP) is 7.66. The van der Waals surface area contributed by atoms with Gasteiger partial charge in [-0.1, -0.05) is 82.8 Å². The molecule has 0 aliphatic heterocycles. The van der Waals surface area contributed by atoms with Crippen molar-refractivity contribution in [1.82, 2.24) is 0 Å². The summed E-state index contributed by atoms with van der Waals surface area (Å²) < 4.78 is 0.849. The summed E-state index contributed by atoms with van der Waals surface area (Å²) in [5.74, 6) is -2.56. The molecule has 0 radical (unpaired) electrons. The number of carboxylic acid groups (broad SMARTS) is 3. The van der Waals surface area contributed by atoms with Crippen LogP contribution >= 0.6 is 0 Å². The molecule has 7 heteroatoms. The zero-order valence-corrected chi connectivity index (χ0v) is 26.4. The molecule has 7 nitrogen and oxygen atoms in total. The van der Waals surface area contributed by atoms with E-state index < -0.39 is 17.9 Å². The van der Waals surface area contributed by atoms with E-state index >= 15 is 0 Å². The van der Waals surface area contributed by atoms with Crippen molar-refractivity contribution in [1.29, 1.82) is 0 Å². The van der Waals surface area contributed by atoms with E-state index in [9.17, 15) is 19.5 Å². The van der Waals surface area contributed by atoms with Gasteiger partial charge in [0.15, 0.2) is 0 Å². The average molecular weight is 582 g/mol. The summed E-state index contributed by atoms with van der Waals surface area (Å²) in [5, 5.41) is 29.0. The molecular formula is C34H63NO6. The van der Waals surface area contributed by atoms with E-state index in [1.807, 2.05) is 0 Å². The van der Waals surface area contributed by atoms with Crippen LogP contribution in [0.25, 0.3) is 0 Å². The van der Waals surface area contributed by atoms with Crippen LogP contribution in [-0.2, 0) is 14.4 Å². The molecule has 0 aromatic heterocycles. The molecule has 0 heterocycles. The Labute approximate surface area is 251 Å². The van der Waals surface area contributed by atoms with Crippen molar-refractivity contribution in [3.8, 4) is 0 Å². The quantitative estimate of drug-likeness (QED) is 0.0479. The van der Waals surface area contributed by atoms with Gasteiger partial charge in [0, 0.05) is 18.8 Å². The number of rotatable bonds is 32. The number of unbranched alkanes of at least 4 members (excludes halogenated alkanes) is 17. The van der Waals surface area contributed by atoms with Crippen molar-refractivity contribution < 1.29 is 34.2 Å². The number of carbonyl (C=O) groups excluding carboxylic acids is 1. The molecule has 240 valence electrons. The number of carbonyl (C=O) groups is 3. The highest BCUT2D eigenvalue weighted by Gasteiger charge is 2.26. The summed E-state index contributed by atoms with van der Waals surface area (Å²) >= 11 is 0. The largest absolute Gasteiger partial charge is 0.550 e. The minimum atomic E-state index is -1.02. The SMILES string of the molecule is C/C=C/CCCCCCCCCCCCCCCC[N+](CCCCC(=O)[O-])(CCCCC(=O)O)CCCCC(=O)O. The first kappa shape index (κ1) is 39.1. The van der Waals surface area contributed by atoms with Crippen molar-refractivity contribution in [2.45, 2.75) is 161 Å². The molecule has 0 spiro atoms. The monoisotopic (exact) mass is 581 g/mol. The molecule has 0 saturated heterocycles. The molecule has 2 N–H and O–H groups in total. The maximum Gasteiger partial charge on any atom is 0.303 e. The molecule has 0 aliphatic rings. The van der Waals surface area contributed by atoms with Crippen molar-refractivity contribution in [2.24, 2.45) is 0 Å². The second-order valence-electron chi connectivity index (χ2n) is 12.1. The first-order valence-electron chi connectivity index (χ1n) is 16.9. The third kappa shape index (κ3) is 28.0. The first-order valence-corrected chi connectivity index (χ1v) is 16.9. The molecule has 0 aromatic carbocycles. The lowest BCUT2D eigenvalue weighted by Gasteiger charge is -2.39. The molecule has 0 amide bonds. The lowest BCUT2D eigenvalue weighted by molar-refractivity contribution is -0.929. The van der Waals surface area contributed by atoms with E-state index in [1.165, 1.54) is 89.9 Å². The molecular weight excluding hydrogens is 518 g/mol. The molecule has 41 heavy (non-hydrogen) atoms. The van der Waals surface area contributed by atoms with Crippen LogP contribution in [0.5, 0.6) is 0 Å². The minimum absolute atomic E-state index is 0.0646. The van der Waals surface area contributed by atoms with Crippen LogP contribution < -0.4 is 5.11 Å². The van der Waals surface area contributed by atoms with Crippen LogP contribution in [0.4, 0.5) is 0 Å². The maximum absolute atomic E-state index is 11.0. The Balaban J connectivity index is 4.35. The van der Waals surface area contributed by atoms with Gasteiger partial charge in [0.05, 0.1) is 26.2 Å². The number of quaternary nitrogens is 1. The van der Waals surface area contributed by atoms with Crippen LogP contribution in [0, 0.1) is 0 Å². The van der Waals surface area contributed by atoms with E-state index in [2.05, 4.69) is 19.1 Å². The summed E-state index contributed by atoms with van der Waals surface area (Å²) in [4.78, 5) is 32.9. The van der Waals surface area contributed by atoms with E-state index in [0.717, 1.165) is 56.3 Å². The molecule has 0 saturated carbocycles. The molecule has 0 bridgehead atoms. The van der Waals surface area contributed by atoms with Crippen LogP contribution in [0.2, 0.25) is 0 Å². The minimum Gasteiger partial charge on any atom is -0.550 e. The highest BCUT2D eigenvalue weighted by Crippen LogP contribution is 2.20. The molecule has 0 rings (SSSR count). The highest BCUT2D eigenvalue weighted by atomic mass is 16.4. The van der Waals surface area contributed by atoms with Gasteiger partial charge in [0.1, 0.15) is 0 Å². The Bertz CT molecular complexity index is 623. The summed E-state index contributed by atoms with van der Waals surface area (Å²) in [7, 11) is 0. The van der Waals surface area contributed by atoms with Gasteiger partial charge in [-0.2, -0.15) is 0 Å². The van der Waals surface area contributed by atoms with E-state index in [1.54, 1.807) is 0 Å². The van der Waals surface area contributed by atoms with Gasteiger partial charge in [-0.3, -0.25) is 9.59 Å². The second-order valence-corrected chi connectivity index (χ2v) is 12.1. The molecule has 0 aliphatic carbocycles. The van der Waals surface area contributed by atoms with Crippen molar-refractivity contribution in [3.05, 3.63) is 12.2 Å². The van der Waals surface area contributed by atoms with Gasteiger partial charge in [0.25, 0.3) is 0 Å². The normalized spacial score (nSPS) is 11.8. The fourth-order valence-corrected chi connectivity index (χ4v) is 5.83. The van der Waals surface area contributed by atoms with Gasteiger partial charge < -0.3 is 24.6 Å². The average Bonchev–Trinajstić information content (AvgIpc) is 2.93. The number of aliphatic carboxylic acids is 3. The predicted molar refractivity (Wildman–Crippen MR) is 166 cm³/mol. The lowest BCUT2D eigenvalue weighted by Crippen LogP contribution is -2.51. The van der Waals surface area contributed by atoms with E-state index in [4.69, 9.17) is 10.2 Å². The van der Waals surface area contributed by atoms with Gasteiger partial charge in [-0.15, -0.1) is 0 Å². The summed E-state index contributed by atoms with van der Waals surface area (Å²) in [6.45, 7) is 5.71. The van der Waals surface area contributed by atoms with Crippen molar-refractivity contribution in [2.75, 3.05) is 26.2 Å². The van der Waals surface area contributed by atoms with Gasteiger partial charge in [-0.25, -0.2) is 0 Å². The molecule has 0 aromatic rings. The highest BCUT2D eigenvalue weighted by molar-refractivity contribution is 5.66. The van der Waals surface area contributed by atoms with Crippen LogP contribution in [0.15, 0.2) is 12.2 Å². The second kappa shape index (κ2) is 28.2. The Hall–Kier alpha value is -1.89. The zero-order valence-electron chi connectivity index (χ0n) is 26.4. The Morgan fingerprint density at radius 1 is 0.512 bits per heavy atom. The van der Waals surface area contributed by atoms with Gasteiger partial charge in [-0.05, 0) is 77.6 Å². The first-order chi connectivity index (χ1) is 19.8. The smallest absolute Gasteiger partial charge is 0.303 e. The Morgan fingerprint density at radius 2 is 0.829 bits per heavy atom. The number of nitrogens with zero attached hydrogens (tertiary/aromatic N) is 1. The number of hydrogen-bond donors (Lipinski definition) is 2. The summed E-state index contributed by atoms with van der Waals surface area (Å²) in [5.41, 5.74) is 0. The van der Waals surface area contributed by atoms with Gasteiger partial charge >= 0.3 is 11.9 Å². The van der Waals surface area contributed by atoms with Crippen molar-refractivity contribution in [3.63, 3.8) is 0 Å². The lowest BCUT2D eigenvalue weighted by atomic mass is 10.0. The Kier molecular flexibility index (Phi) is 26.9. The number of hydrogen-bond acceptors (Lipinski definition) is 4. The topological polar surface area (TPSA) is 115 Å². The maximum atomic E-state index is 11.0. The fraction of sp³-hybridized carbons (Fsp3) is 0.853. The number of allylic oxidation sites excluding steroid dienone is 2. The Morgan fingerprint density at radius 3 is 1.17 bits per heavy atom. The molecule has 0 unspecified atom stereocenters. The third-order valence-electron chi connectivity index (χ3n) is 8.30. The summed E-state index contributed by atoms with van der Waals surface area (Å²) in [6, 6.07) is 0. The van der Waals surface area contributed by atoms with Gasteiger partial charge in [0.2, 0.25) is 0 Å². The zero-order chi connectivity index (χ0) is 30.4. The molecule has 0 fully saturated rings. The third-order valence-corrected chi connectivity index (χ3v) is 8.30. The van der Waals surface area contributed by atoms with Crippen LogP contribution in [0.1, 0.15) is 161 Å². The van der Waals surface area contributed by atoms with E-state index in [-0.39, 0.29) is 19.3 Å². The number of carboxylic acids is 3. The van der Waals surface area contributed by atoms with Crippen LogP contribution in [0.3, 0.4) is 0 Å². The summed E-state index contributed by atoms with van der Waals surface area (Å²) in [6.07, 6.45) is 28.7. The molecule has 0 atom stereocenters. The van der Waals surface area contributed by atoms with Crippen molar-refractivity contribution >= 4 is 17.9 Å². The van der Waals surface area contributed by atoms with E-state index in [0.29, 0.717) is 19.3 Å². The fourth-order valence-electron chi connectivity index (χ4n) is 5.83. The standard InChI is InChI=1S/C34H63NO6/c1-2-3-4-5-6-7-8-9-10-11-12-13-14-15-16-17-21-28-35(29-22-18-25-32(36)37,30-23-19-26-33(38)39)31-24-20-27-34(40)41/h2-3H,4-31H2,1H3,(H2-,36,37,38,39,40,41)/b3-2+.